The number of hydrogen-bond acceptors (Lipinski definition) is 3. The molecule has 0 aromatic heterocycles. The minimum absolute atomic E-state index is 0.125. The lowest BCUT2D eigenvalue weighted by Crippen LogP contribution is -2.34. The Balaban J connectivity index is 2.88. The van der Waals surface area contributed by atoms with Crippen molar-refractivity contribution in [1.29, 1.82) is 0 Å². The minimum atomic E-state index is -0.928. The third-order valence-electron chi connectivity index (χ3n) is 2.40. The van der Waals surface area contributed by atoms with Crippen molar-refractivity contribution in [3.8, 4) is 0 Å². The van der Waals surface area contributed by atoms with Gasteiger partial charge in [-0.3, -0.25) is 10.6 Å². The van der Waals surface area contributed by atoms with Crippen molar-refractivity contribution in [2.75, 3.05) is 13.1 Å². The van der Waals surface area contributed by atoms with Gasteiger partial charge >= 0.3 is 5.97 Å². The maximum absolute atomic E-state index is 10.9. The summed E-state index contributed by atoms with van der Waals surface area (Å²) in [4.78, 5) is 10.9. The van der Waals surface area contributed by atoms with Crippen molar-refractivity contribution in [1.82, 2.24) is 10.6 Å². The van der Waals surface area contributed by atoms with Gasteiger partial charge in [-0.2, -0.15) is 0 Å². The quantitative estimate of drug-likeness (QED) is 0.484. The van der Waals surface area contributed by atoms with Crippen LogP contribution in [0.1, 0.15) is 22.1 Å². The van der Waals surface area contributed by atoms with Gasteiger partial charge in [-0.05, 0) is 17.7 Å². The van der Waals surface area contributed by atoms with E-state index in [0.29, 0.717) is 13.1 Å². The standard InChI is InChI=1S/C14H18N2O2/c1-3-8-15-13(16-9-4-2)11-6-5-7-12(10-11)14(17)18/h3-7,10,13,15-16H,1-2,8-9H2,(H,17,18). The van der Waals surface area contributed by atoms with Gasteiger partial charge in [-0.25, -0.2) is 4.79 Å². The summed E-state index contributed by atoms with van der Waals surface area (Å²) >= 11 is 0. The second kappa shape index (κ2) is 7.42. The van der Waals surface area contributed by atoms with Gasteiger partial charge in [0.1, 0.15) is 0 Å². The molecule has 0 radical (unpaired) electrons. The molecular formula is C14H18N2O2. The predicted octanol–water partition coefficient (Wildman–Crippen LogP) is 1.93. The zero-order valence-corrected chi connectivity index (χ0v) is 10.2. The van der Waals surface area contributed by atoms with Gasteiger partial charge in [0.25, 0.3) is 0 Å². The molecule has 96 valence electrons. The summed E-state index contributed by atoms with van der Waals surface area (Å²) < 4.78 is 0. The third kappa shape index (κ3) is 4.16. The largest absolute Gasteiger partial charge is 0.478 e. The summed E-state index contributed by atoms with van der Waals surface area (Å²) in [7, 11) is 0. The van der Waals surface area contributed by atoms with E-state index in [0.717, 1.165) is 5.56 Å². The normalized spacial score (nSPS) is 10.3. The van der Waals surface area contributed by atoms with E-state index in [1.807, 2.05) is 6.07 Å². The van der Waals surface area contributed by atoms with Crippen LogP contribution in [0, 0.1) is 0 Å². The molecule has 0 fully saturated rings. The fourth-order valence-electron chi connectivity index (χ4n) is 1.56. The number of nitrogens with one attached hydrogen (secondary N) is 2. The number of benzene rings is 1. The van der Waals surface area contributed by atoms with Crippen molar-refractivity contribution in [2.45, 2.75) is 6.17 Å². The van der Waals surface area contributed by atoms with Crippen LogP contribution in [-0.4, -0.2) is 24.2 Å². The molecule has 0 atom stereocenters. The highest BCUT2D eigenvalue weighted by atomic mass is 16.4. The zero-order valence-electron chi connectivity index (χ0n) is 10.2. The lowest BCUT2D eigenvalue weighted by atomic mass is 10.1. The van der Waals surface area contributed by atoms with Crippen molar-refractivity contribution < 1.29 is 9.90 Å². The van der Waals surface area contributed by atoms with Crippen LogP contribution < -0.4 is 10.6 Å². The first kappa shape index (κ1) is 14.2. The molecule has 1 aromatic rings. The fourth-order valence-corrected chi connectivity index (χ4v) is 1.56. The summed E-state index contributed by atoms with van der Waals surface area (Å²) in [6.45, 7) is 8.56. The van der Waals surface area contributed by atoms with E-state index >= 15 is 0 Å². The van der Waals surface area contributed by atoms with Gasteiger partial charge in [0.05, 0.1) is 11.7 Å². The highest BCUT2D eigenvalue weighted by Gasteiger charge is 2.11. The van der Waals surface area contributed by atoms with E-state index in [1.54, 1.807) is 30.4 Å². The van der Waals surface area contributed by atoms with Crippen molar-refractivity contribution in [2.24, 2.45) is 0 Å². The van der Waals surface area contributed by atoms with Crippen LogP contribution in [0.15, 0.2) is 49.6 Å². The Bertz CT molecular complexity index is 418. The molecule has 0 bridgehead atoms. The van der Waals surface area contributed by atoms with Gasteiger partial charge in [0.2, 0.25) is 0 Å². The zero-order chi connectivity index (χ0) is 13.4. The van der Waals surface area contributed by atoms with Crippen LogP contribution in [-0.2, 0) is 0 Å². The number of carbonyl (C=O) groups is 1. The maximum Gasteiger partial charge on any atom is 0.335 e. The number of rotatable bonds is 8. The Morgan fingerprint density at radius 3 is 2.39 bits per heavy atom. The van der Waals surface area contributed by atoms with Crippen molar-refractivity contribution in [3.63, 3.8) is 0 Å². The Morgan fingerprint density at radius 2 is 1.89 bits per heavy atom. The first-order valence-corrected chi connectivity index (χ1v) is 5.71. The smallest absolute Gasteiger partial charge is 0.335 e. The maximum atomic E-state index is 10.9. The molecule has 0 heterocycles. The van der Waals surface area contributed by atoms with E-state index in [9.17, 15) is 4.79 Å². The van der Waals surface area contributed by atoms with Gasteiger partial charge < -0.3 is 5.11 Å². The molecule has 1 rings (SSSR count). The van der Waals surface area contributed by atoms with Gasteiger partial charge in [0, 0.05) is 13.1 Å². The molecule has 0 aliphatic rings. The molecule has 18 heavy (non-hydrogen) atoms. The number of hydrogen-bond donors (Lipinski definition) is 3. The van der Waals surface area contributed by atoms with Gasteiger partial charge in [-0.1, -0.05) is 24.3 Å². The second-order valence-electron chi connectivity index (χ2n) is 3.76. The lowest BCUT2D eigenvalue weighted by Gasteiger charge is -2.19. The third-order valence-corrected chi connectivity index (χ3v) is 2.40. The van der Waals surface area contributed by atoms with Gasteiger partial charge in [-0.15, -0.1) is 13.2 Å². The molecule has 0 saturated carbocycles. The highest BCUT2D eigenvalue weighted by molar-refractivity contribution is 5.87. The Labute approximate surface area is 107 Å². The molecule has 4 nitrogen and oxygen atoms in total. The van der Waals surface area contributed by atoms with Crippen LogP contribution in [0.25, 0.3) is 0 Å². The Hall–Kier alpha value is -1.91. The van der Waals surface area contributed by atoms with E-state index in [2.05, 4.69) is 23.8 Å². The molecular weight excluding hydrogens is 228 g/mol. The van der Waals surface area contributed by atoms with E-state index in [4.69, 9.17) is 5.11 Å². The molecule has 0 aliphatic carbocycles. The molecule has 0 saturated heterocycles. The minimum Gasteiger partial charge on any atom is -0.478 e. The average molecular weight is 246 g/mol. The van der Waals surface area contributed by atoms with Gasteiger partial charge in [0.15, 0.2) is 0 Å². The number of aromatic carboxylic acids is 1. The van der Waals surface area contributed by atoms with Crippen molar-refractivity contribution in [3.05, 3.63) is 60.7 Å². The summed E-state index contributed by atoms with van der Waals surface area (Å²) in [5.41, 5.74) is 1.15. The van der Waals surface area contributed by atoms with Crippen LogP contribution >= 0.6 is 0 Å². The van der Waals surface area contributed by atoms with E-state index < -0.39 is 5.97 Å². The average Bonchev–Trinajstić information content (AvgIpc) is 2.39. The monoisotopic (exact) mass is 246 g/mol. The topological polar surface area (TPSA) is 61.4 Å². The number of carboxylic acids is 1. The highest BCUT2D eigenvalue weighted by Crippen LogP contribution is 2.12. The second-order valence-corrected chi connectivity index (χ2v) is 3.76. The molecule has 4 heteroatoms. The summed E-state index contributed by atoms with van der Waals surface area (Å²) in [6.07, 6.45) is 3.38. The predicted molar refractivity (Wildman–Crippen MR) is 72.5 cm³/mol. The molecule has 0 unspecified atom stereocenters. The van der Waals surface area contributed by atoms with Crippen LogP contribution in [0.2, 0.25) is 0 Å². The summed E-state index contributed by atoms with van der Waals surface area (Å²) in [5.74, 6) is -0.928. The fraction of sp³-hybridized carbons (Fsp3) is 0.214. The lowest BCUT2D eigenvalue weighted by molar-refractivity contribution is 0.0696. The first-order chi connectivity index (χ1) is 8.69. The molecule has 3 N–H and O–H groups in total. The summed E-state index contributed by atoms with van der Waals surface area (Å²) in [5, 5.41) is 15.4. The van der Waals surface area contributed by atoms with Crippen molar-refractivity contribution >= 4 is 5.97 Å². The van der Waals surface area contributed by atoms with Crippen LogP contribution in [0.5, 0.6) is 0 Å². The Morgan fingerprint density at radius 1 is 1.28 bits per heavy atom. The first-order valence-electron chi connectivity index (χ1n) is 5.71. The van der Waals surface area contributed by atoms with E-state index in [1.165, 1.54) is 0 Å². The molecule has 0 aliphatic heterocycles. The summed E-state index contributed by atoms with van der Waals surface area (Å²) in [6, 6.07) is 6.84. The molecule has 0 spiro atoms. The Kier molecular flexibility index (Phi) is 5.84. The van der Waals surface area contributed by atoms with E-state index in [-0.39, 0.29) is 11.7 Å². The van der Waals surface area contributed by atoms with Crippen LogP contribution in [0.4, 0.5) is 0 Å². The molecule has 0 amide bonds. The SMILES string of the molecule is C=CCNC(NCC=C)c1cccc(C(=O)O)c1. The molecule has 1 aromatic carbocycles. The van der Waals surface area contributed by atoms with Crippen LogP contribution in [0.3, 0.4) is 0 Å². The number of carboxylic acid groups (broad SMARTS) is 1.